The number of rotatable bonds is 1. The Kier molecular flexibility index (Phi) is 4.33. The molecule has 0 aliphatic carbocycles. The number of hydrogen-bond acceptors (Lipinski definition) is 1. The molecule has 0 radical (unpaired) electrons. The van der Waals surface area contributed by atoms with Crippen molar-refractivity contribution < 1.29 is 17.6 Å². The summed E-state index contributed by atoms with van der Waals surface area (Å²) in [7, 11) is 0. The lowest BCUT2D eigenvalue weighted by Crippen LogP contribution is -3.00. The molecular weight excluding hydrogens is 150 g/mol. The van der Waals surface area contributed by atoms with Crippen LogP contribution in [0.5, 0.6) is 0 Å². The van der Waals surface area contributed by atoms with E-state index >= 15 is 0 Å². The van der Waals surface area contributed by atoms with E-state index in [1.165, 1.54) is 6.21 Å². The van der Waals surface area contributed by atoms with Crippen LogP contribution in [-0.4, -0.2) is 6.21 Å². The zero-order chi connectivity index (χ0) is 6.53. The fraction of sp³-hybridized carbons (Fsp3) is 0. The zero-order valence-electron chi connectivity index (χ0n) is 5.25. The molecule has 10 heavy (non-hydrogen) atoms. The molecular formula is C7H7ClNO-. The second-order valence-corrected chi connectivity index (χ2v) is 1.67. The summed E-state index contributed by atoms with van der Waals surface area (Å²) < 4.78 is 0. The first-order valence-corrected chi connectivity index (χ1v) is 2.69. The molecule has 0 saturated carbocycles. The minimum Gasteiger partial charge on any atom is -1.00 e. The van der Waals surface area contributed by atoms with Crippen LogP contribution in [0.15, 0.2) is 30.3 Å². The second-order valence-electron chi connectivity index (χ2n) is 1.67. The van der Waals surface area contributed by atoms with Gasteiger partial charge in [0.2, 0.25) is 0 Å². The fourth-order valence-electron chi connectivity index (χ4n) is 0.617. The van der Waals surface area contributed by atoms with Gasteiger partial charge < -0.3 is 17.6 Å². The molecule has 0 amide bonds. The molecule has 0 spiro atoms. The molecule has 0 saturated heterocycles. The summed E-state index contributed by atoms with van der Waals surface area (Å²) in [6.07, 6.45) is 1.40. The summed E-state index contributed by atoms with van der Waals surface area (Å²) in [5.74, 6) is 0. The van der Waals surface area contributed by atoms with Crippen LogP contribution in [0.3, 0.4) is 0 Å². The maximum Gasteiger partial charge on any atom is 0.179 e. The van der Waals surface area contributed by atoms with Crippen molar-refractivity contribution in [1.82, 2.24) is 0 Å². The van der Waals surface area contributed by atoms with Crippen molar-refractivity contribution in [3.05, 3.63) is 41.1 Å². The topological polar surface area (TPSA) is 37.0 Å². The van der Waals surface area contributed by atoms with Crippen molar-refractivity contribution in [2.45, 2.75) is 0 Å². The highest BCUT2D eigenvalue weighted by atomic mass is 35.5. The Balaban J connectivity index is 0.000000810. The Bertz CT molecular complexity index is 198. The van der Waals surface area contributed by atoms with Gasteiger partial charge in [0.15, 0.2) is 6.21 Å². The van der Waals surface area contributed by atoms with Gasteiger partial charge in [-0.25, -0.2) is 5.16 Å². The maximum atomic E-state index is 9.79. The highest BCUT2D eigenvalue weighted by Crippen LogP contribution is 1.90. The highest BCUT2D eigenvalue weighted by molar-refractivity contribution is 5.74. The Morgan fingerprint density at radius 3 is 2.30 bits per heavy atom. The van der Waals surface area contributed by atoms with E-state index in [-0.39, 0.29) is 12.4 Å². The lowest BCUT2D eigenvalue weighted by molar-refractivity contribution is -0.366. The lowest BCUT2D eigenvalue weighted by Gasteiger charge is -1.84. The zero-order valence-corrected chi connectivity index (χ0v) is 6.01. The second kappa shape index (κ2) is 4.82. The van der Waals surface area contributed by atoms with Gasteiger partial charge in [-0.1, -0.05) is 18.2 Å². The number of nitrogens with one attached hydrogen (secondary N) is 1. The van der Waals surface area contributed by atoms with Gasteiger partial charge in [0.1, 0.15) is 0 Å². The van der Waals surface area contributed by atoms with Crippen LogP contribution < -0.4 is 17.6 Å². The van der Waals surface area contributed by atoms with E-state index in [1.54, 1.807) is 5.16 Å². The molecule has 0 atom stereocenters. The minimum atomic E-state index is 0. The van der Waals surface area contributed by atoms with Crippen molar-refractivity contribution in [3.63, 3.8) is 0 Å². The van der Waals surface area contributed by atoms with E-state index in [0.717, 1.165) is 5.56 Å². The molecule has 0 unspecified atom stereocenters. The Morgan fingerprint density at radius 2 is 1.80 bits per heavy atom. The van der Waals surface area contributed by atoms with Crippen LogP contribution in [0.25, 0.3) is 0 Å². The van der Waals surface area contributed by atoms with Crippen LogP contribution in [-0.2, 0) is 0 Å². The Morgan fingerprint density at radius 1 is 1.20 bits per heavy atom. The molecule has 1 aromatic rings. The number of halogens is 1. The monoisotopic (exact) mass is 156 g/mol. The largest absolute Gasteiger partial charge is 1.00 e. The molecule has 0 aliphatic rings. The van der Waals surface area contributed by atoms with Gasteiger partial charge in [-0.05, 0) is 12.1 Å². The predicted molar refractivity (Wildman–Crippen MR) is 35.9 cm³/mol. The van der Waals surface area contributed by atoms with Gasteiger partial charge in [0.05, 0.1) is 0 Å². The van der Waals surface area contributed by atoms with E-state index < -0.39 is 0 Å². The first kappa shape index (κ1) is 8.98. The highest BCUT2D eigenvalue weighted by Gasteiger charge is 1.82. The maximum absolute atomic E-state index is 9.79. The third-order valence-electron chi connectivity index (χ3n) is 1.03. The van der Waals surface area contributed by atoms with Crippen molar-refractivity contribution >= 4 is 6.21 Å². The van der Waals surface area contributed by atoms with Crippen molar-refractivity contribution in [1.29, 1.82) is 0 Å². The third-order valence-corrected chi connectivity index (χ3v) is 1.03. The van der Waals surface area contributed by atoms with Gasteiger partial charge in [0, 0.05) is 5.56 Å². The van der Waals surface area contributed by atoms with E-state index in [9.17, 15) is 5.21 Å². The van der Waals surface area contributed by atoms with Crippen LogP contribution in [0, 0.1) is 5.21 Å². The molecule has 3 heteroatoms. The molecule has 1 rings (SSSR count). The SMILES string of the molecule is [Cl-].[O-]/[NH+]=C\c1ccccc1. The Hall–Kier alpha value is -1.02. The molecule has 2 nitrogen and oxygen atoms in total. The summed E-state index contributed by atoms with van der Waals surface area (Å²) >= 11 is 0. The molecule has 54 valence electrons. The summed E-state index contributed by atoms with van der Waals surface area (Å²) in [5.41, 5.74) is 0.896. The first-order chi connectivity index (χ1) is 4.43. The lowest BCUT2D eigenvalue weighted by atomic mass is 10.2. The van der Waals surface area contributed by atoms with E-state index in [2.05, 4.69) is 0 Å². The molecule has 1 aromatic carbocycles. The van der Waals surface area contributed by atoms with Gasteiger partial charge in [-0.3, -0.25) is 0 Å². The summed E-state index contributed by atoms with van der Waals surface area (Å²) in [4.78, 5) is 0. The number of hydrogen-bond donors (Lipinski definition) is 1. The van der Waals surface area contributed by atoms with E-state index in [4.69, 9.17) is 0 Å². The van der Waals surface area contributed by atoms with E-state index in [1.807, 2.05) is 30.3 Å². The summed E-state index contributed by atoms with van der Waals surface area (Å²) in [6, 6.07) is 9.37. The van der Waals surface area contributed by atoms with Gasteiger partial charge in [0.25, 0.3) is 0 Å². The molecule has 0 fully saturated rings. The minimum absolute atomic E-state index is 0. The number of benzene rings is 1. The van der Waals surface area contributed by atoms with Gasteiger partial charge in [-0.2, -0.15) is 0 Å². The first-order valence-electron chi connectivity index (χ1n) is 2.69. The smallest absolute Gasteiger partial charge is 0.179 e. The molecule has 0 bridgehead atoms. The van der Waals surface area contributed by atoms with Crippen LogP contribution in [0.2, 0.25) is 0 Å². The Labute approximate surface area is 65.6 Å². The van der Waals surface area contributed by atoms with E-state index in [0.29, 0.717) is 0 Å². The normalized spacial score (nSPS) is 9.20. The van der Waals surface area contributed by atoms with Gasteiger partial charge in [-0.15, -0.1) is 0 Å². The van der Waals surface area contributed by atoms with Crippen molar-refractivity contribution in [2.24, 2.45) is 0 Å². The summed E-state index contributed by atoms with van der Waals surface area (Å²) in [6.45, 7) is 0. The summed E-state index contributed by atoms with van der Waals surface area (Å²) in [5, 5.41) is 11.5. The molecule has 1 N–H and O–H groups in total. The van der Waals surface area contributed by atoms with Crippen LogP contribution in [0.1, 0.15) is 5.56 Å². The van der Waals surface area contributed by atoms with Gasteiger partial charge >= 0.3 is 0 Å². The van der Waals surface area contributed by atoms with Crippen molar-refractivity contribution in [2.75, 3.05) is 0 Å². The van der Waals surface area contributed by atoms with Crippen LogP contribution >= 0.6 is 0 Å². The third kappa shape index (κ3) is 2.51. The molecule has 0 aliphatic heterocycles. The average molecular weight is 157 g/mol. The average Bonchev–Trinajstić information content (AvgIpc) is 1.91. The van der Waals surface area contributed by atoms with Crippen LogP contribution in [0.4, 0.5) is 0 Å². The quantitative estimate of drug-likeness (QED) is 0.258. The fourth-order valence-corrected chi connectivity index (χ4v) is 0.617. The van der Waals surface area contributed by atoms with Crippen molar-refractivity contribution in [3.8, 4) is 0 Å². The molecule has 0 heterocycles. The standard InChI is InChI=1S/C7H7NO.ClH/c9-8-6-7-4-2-1-3-5-7;/h1-6,8H;1H/p-1/b8-6-;. The molecule has 0 aromatic heterocycles. The predicted octanol–water partition coefficient (Wildman–Crippen LogP) is -3.31.